The second kappa shape index (κ2) is 6.42. The topological polar surface area (TPSA) is 58.6 Å². The third-order valence-electron chi connectivity index (χ3n) is 2.40. The molecule has 5 heteroatoms. The molecule has 1 aliphatic rings. The van der Waals surface area contributed by atoms with Gasteiger partial charge in [-0.25, -0.2) is 14.5 Å². The summed E-state index contributed by atoms with van der Waals surface area (Å²) in [5, 5.41) is 2.67. The van der Waals surface area contributed by atoms with Gasteiger partial charge in [0.15, 0.2) is 0 Å². The summed E-state index contributed by atoms with van der Waals surface area (Å²) in [4.78, 5) is 24.9. The zero-order valence-electron chi connectivity index (χ0n) is 11.4. The van der Waals surface area contributed by atoms with E-state index in [0.717, 1.165) is 24.2 Å². The first-order valence-electron chi connectivity index (χ1n) is 6.33. The normalized spacial score (nSPS) is 19.9. The van der Waals surface area contributed by atoms with Crippen LogP contribution in [0.25, 0.3) is 0 Å². The van der Waals surface area contributed by atoms with Crippen molar-refractivity contribution in [2.45, 2.75) is 45.6 Å². The Morgan fingerprint density at radius 1 is 1.33 bits per heavy atom. The number of urea groups is 1. The van der Waals surface area contributed by atoms with Crippen molar-refractivity contribution in [3.8, 4) is 0 Å². The van der Waals surface area contributed by atoms with Crippen molar-refractivity contribution in [1.82, 2.24) is 10.2 Å². The van der Waals surface area contributed by atoms with Crippen molar-refractivity contribution in [2.24, 2.45) is 0 Å². The molecule has 1 heterocycles. The Bertz CT molecular complexity index is 332. The van der Waals surface area contributed by atoms with Gasteiger partial charge in [-0.3, -0.25) is 0 Å². The van der Waals surface area contributed by atoms with Crippen LogP contribution in [-0.4, -0.2) is 35.7 Å². The zero-order chi connectivity index (χ0) is 13.6. The number of amides is 3. The van der Waals surface area contributed by atoms with E-state index in [4.69, 9.17) is 4.74 Å². The van der Waals surface area contributed by atoms with Crippen LogP contribution in [0.1, 0.15) is 40.0 Å². The lowest BCUT2D eigenvalue weighted by molar-refractivity contribution is 0.0319. The first-order chi connectivity index (χ1) is 8.40. The minimum atomic E-state index is -0.591. The van der Waals surface area contributed by atoms with E-state index in [1.165, 1.54) is 0 Å². The highest BCUT2D eigenvalue weighted by atomic mass is 16.6. The number of ether oxygens (including phenoxy) is 1. The Morgan fingerprint density at radius 3 is 2.72 bits per heavy atom. The van der Waals surface area contributed by atoms with E-state index in [0.29, 0.717) is 13.1 Å². The standard InChI is InChI=1S/C13H22N2O3/c1-13(2,3)18-12(17)15-10-8-6-4-5-7-9-14-11(15)16/h5,7H,4,6,8-10H2,1-3H3,(H,14,16)/b7-5-. The van der Waals surface area contributed by atoms with Gasteiger partial charge in [0.05, 0.1) is 0 Å². The Kier molecular flexibility index (Phi) is 5.19. The highest BCUT2D eigenvalue weighted by molar-refractivity contribution is 5.91. The second-order valence-electron chi connectivity index (χ2n) is 5.29. The maximum Gasteiger partial charge on any atom is 0.418 e. The van der Waals surface area contributed by atoms with Crippen molar-refractivity contribution < 1.29 is 14.3 Å². The van der Waals surface area contributed by atoms with Crippen LogP contribution in [-0.2, 0) is 4.74 Å². The van der Waals surface area contributed by atoms with E-state index >= 15 is 0 Å². The molecule has 1 N–H and O–H groups in total. The van der Waals surface area contributed by atoms with Gasteiger partial charge in [-0.15, -0.1) is 0 Å². The summed E-state index contributed by atoms with van der Waals surface area (Å²) in [5.41, 5.74) is -0.591. The van der Waals surface area contributed by atoms with Crippen LogP contribution in [0.3, 0.4) is 0 Å². The molecule has 0 fully saturated rings. The van der Waals surface area contributed by atoms with Crippen LogP contribution >= 0.6 is 0 Å². The van der Waals surface area contributed by atoms with Gasteiger partial charge in [0.1, 0.15) is 5.60 Å². The third-order valence-corrected chi connectivity index (χ3v) is 2.40. The van der Waals surface area contributed by atoms with Gasteiger partial charge in [-0.2, -0.15) is 0 Å². The lowest BCUT2D eigenvalue weighted by Gasteiger charge is -2.26. The van der Waals surface area contributed by atoms with Gasteiger partial charge in [0.25, 0.3) is 0 Å². The van der Waals surface area contributed by atoms with Gasteiger partial charge in [0, 0.05) is 13.1 Å². The minimum absolute atomic E-state index is 0.393. The predicted octanol–water partition coefficient (Wildman–Crippen LogP) is 2.67. The zero-order valence-corrected chi connectivity index (χ0v) is 11.4. The Morgan fingerprint density at radius 2 is 2.06 bits per heavy atom. The van der Waals surface area contributed by atoms with Crippen molar-refractivity contribution >= 4 is 12.1 Å². The first kappa shape index (κ1) is 14.5. The maximum absolute atomic E-state index is 11.9. The van der Waals surface area contributed by atoms with Crippen molar-refractivity contribution in [3.63, 3.8) is 0 Å². The number of imide groups is 1. The number of allylic oxidation sites excluding steroid dienone is 1. The molecule has 3 amide bonds. The second-order valence-corrected chi connectivity index (χ2v) is 5.29. The number of carbonyl (C=O) groups excluding carboxylic acids is 2. The predicted molar refractivity (Wildman–Crippen MR) is 69.3 cm³/mol. The summed E-state index contributed by atoms with van der Waals surface area (Å²) in [7, 11) is 0. The summed E-state index contributed by atoms with van der Waals surface area (Å²) in [6.07, 6.45) is 6.09. The number of nitrogens with one attached hydrogen (secondary N) is 1. The summed E-state index contributed by atoms with van der Waals surface area (Å²) in [5.74, 6) is 0. The number of carbonyl (C=O) groups is 2. The molecule has 1 aliphatic heterocycles. The Balaban J connectivity index is 2.66. The maximum atomic E-state index is 11.9. The van der Waals surface area contributed by atoms with Crippen LogP contribution in [0.15, 0.2) is 12.2 Å². The van der Waals surface area contributed by atoms with E-state index in [-0.39, 0.29) is 0 Å². The molecule has 0 atom stereocenters. The molecule has 0 unspecified atom stereocenters. The highest BCUT2D eigenvalue weighted by Gasteiger charge is 2.26. The number of nitrogens with zero attached hydrogens (tertiary/aromatic N) is 1. The summed E-state index contributed by atoms with van der Waals surface area (Å²) >= 11 is 0. The SMILES string of the molecule is CC(C)(C)OC(=O)N1CCCC/C=C\CNC1=O. The van der Waals surface area contributed by atoms with Gasteiger partial charge >= 0.3 is 12.1 Å². The van der Waals surface area contributed by atoms with Crippen LogP contribution in [0.5, 0.6) is 0 Å². The summed E-state index contributed by atoms with van der Waals surface area (Å²) < 4.78 is 5.22. The molecule has 1 rings (SSSR count). The Labute approximate surface area is 108 Å². The Hall–Kier alpha value is -1.52. The monoisotopic (exact) mass is 254 g/mol. The van der Waals surface area contributed by atoms with Crippen LogP contribution in [0.2, 0.25) is 0 Å². The van der Waals surface area contributed by atoms with E-state index in [9.17, 15) is 9.59 Å². The average Bonchev–Trinajstić information content (AvgIpc) is 2.24. The molecule has 18 heavy (non-hydrogen) atoms. The smallest absolute Gasteiger partial charge is 0.418 e. The molecule has 0 saturated carbocycles. The van der Waals surface area contributed by atoms with E-state index in [1.54, 1.807) is 20.8 Å². The minimum Gasteiger partial charge on any atom is -0.443 e. The molecule has 0 bridgehead atoms. The summed E-state index contributed by atoms with van der Waals surface area (Å²) in [6, 6.07) is -0.393. The number of hydrogen-bond acceptors (Lipinski definition) is 3. The quantitative estimate of drug-likeness (QED) is 0.676. The van der Waals surface area contributed by atoms with Crippen molar-refractivity contribution in [3.05, 3.63) is 12.2 Å². The average molecular weight is 254 g/mol. The molecule has 5 nitrogen and oxygen atoms in total. The van der Waals surface area contributed by atoms with Crippen molar-refractivity contribution in [2.75, 3.05) is 13.1 Å². The first-order valence-corrected chi connectivity index (χ1v) is 6.33. The van der Waals surface area contributed by atoms with E-state index in [2.05, 4.69) is 5.32 Å². The largest absolute Gasteiger partial charge is 0.443 e. The number of rotatable bonds is 0. The van der Waals surface area contributed by atoms with Crippen LogP contribution < -0.4 is 5.32 Å². The van der Waals surface area contributed by atoms with Crippen LogP contribution in [0.4, 0.5) is 9.59 Å². The van der Waals surface area contributed by atoms with E-state index in [1.807, 2.05) is 12.2 Å². The highest BCUT2D eigenvalue weighted by Crippen LogP contribution is 2.11. The molecule has 102 valence electrons. The molecular weight excluding hydrogens is 232 g/mol. The van der Waals surface area contributed by atoms with Gasteiger partial charge in [0.2, 0.25) is 0 Å². The van der Waals surface area contributed by atoms with Crippen LogP contribution in [0, 0.1) is 0 Å². The number of hydrogen-bond donors (Lipinski definition) is 1. The fourth-order valence-electron chi connectivity index (χ4n) is 1.57. The molecule has 0 aromatic heterocycles. The molecule has 0 aromatic carbocycles. The lowest BCUT2D eigenvalue weighted by atomic mass is 10.2. The molecule has 0 aliphatic carbocycles. The molecule has 0 aromatic rings. The van der Waals surface area contributed by atoms with Gasteiger partial charge in [-0.1, -0.05) is 12.2 Å². The summed E-state index contributed by atoms with van der Waals surface area (Å²) in [6.45, 7) is 6.19. The fraction of sp³-hybridized carbons (Fsp3) is 0.692. The van der Waals surface area contributed by atoms with Crippen molar-refractivity contribution in [1.29, 1.82) is 0 Å². The fourth-order valence-corrected chi connectivity index (χ4v) is 1.57. The van der Waals surface area contributed by atoms with Gasteiger partial charge < -0.3 is 10.1 Å². The third kappa shape index (κ3) is 5.21. The molecular formula is C13H22N2O3. The van der Waals surface area contributed by atoms with Gasteiger partial charge in [-0.05, 0) is 40.0 Å². The molecule has 0 radical (unpaired) electrons. The molecule has 0 saturated heterocycles. The lowest BCUT2D eigenvalue weighted by Crippen LogP contribution is -2.46. The van der Waals surface area contributed by atoms with E-state index < -0.39 is 17.7 Å². The molecule has 0 spiro atoms.